The van der Waals surface area contributed by atoms with Gasteiger partial charge < -0.3 is 15.7 Å². The van der Waals surface area contributed by atoms with Gasteiger partial charge in [-0.15, -0.1) is 0 Å². The Labute approximate surface area is 137 Å². The van der Waals surface area contributed by atoms with Gasteiger partial charge in [0.2, 0.25) is 0 Å². The van der Waals surface area contributed by atoms with Gasteiger partial charge in [0.1, 0.15) is 0 Å². The fourth-order valence-corrected chi connectivity index (χ4v) is 1.97. The second kappa shape index (κ2) is 8.16. The monoisotopic (exact) mass is 334 g/mol. The van der Waals surface area contributed by atoms with Gasteiger partial charge in [0.25, 0.3) is 11.8 Å². The van der Waals surface area contributed by atoms with E-state index in [0.29, 0.717) is 24.2 Å². The summed E-state index contributed by atoms with van der Waals surface area (Å²) >= 11 is 0. The van der Waals surface area contributed by atoms with Gasteiger partial charge in [-0.2, -0.15) is 0 Å². The summed E-state index contributed by atoms with van der Waals surface area (Å²) in [4.78, 5) is 23.7. The summed E-state index contributed by atoms with van der Waals surface area (Å²) in [5.41, 5.74) is 0.319. The molecule has 0 aliphatic rings. The Balaban J connectivity index is 2.02. The second-order valence-corrected chi connectivity index (χ2v) is 4.97. The topological polar surface area (TPSA) is 78.4 Å². The van der Waals surface area contributed by atoms with Gasteiger partial charge in [-0.25, -0.2) is 8.78 Å². The third-order valence-corrected chi connectivity index (χ3v) is 3.22. The first kappa shape index (κ1) is 17.6. The van der Waals surface area contributed by atoms with Crippen LogP contribution in [0.3, 0.4) is 0 Å². The number of halogens is 2. The minimum Gasteiger partial charge on any atom is -0.396 e. The molecule has 0 saturated carbocycles. The molecule has 0 bridgehead atoms. The highest BCUT2D eigenvalue weighted by molar-refractivity contribution is 6.04. The molecule has 0 atom stereocenters. The Morgan fingerprint density at radius 3 is 2.38 bits per heavy atom. The lowest BCUT2D eigenvalue weighted by Gasteiger charge is -2.08. The highest BCUT2D eigenvalue weighted by Gasteiger charge is 2.15. The van der Waals surface area contributed by atoms with E-state index >= 15 is 0 Å². The fraction of sp³-hybridized carbons (Fsp3) is 0.176. The van der Waals surface area contributed by atoms with Crippen LogP contribution in [0.4, 0.5) is 14.5 Å². The number of aliphatic hydroxyl groups is 1. The van der Waals surface area contributed by atoms with Gasteiger partial charge in [-0.1, -0.05) is 6.07 Å². The minimum absolute atomic E-state index is 0.0120. The van der Waals surface area contributed by atoms with Crippen molar-refractivity contribution >= 4 is 17.5 Å². The molecule has 0 aromatic heterocycles. The molecule has 2 rings (SSSR count). The third-order valence-electron chi connectivity index (χ3n) is 3.22. The van der Waals surface area contributed by atoms with Crippen molar-refractivity contribution in [2.45, 2.75) is 6.42 Å². The van der Waals surface area contributed by atoms with Crippen LogP contribution >= 0.6 is 0 Å². The van der Waals surface area contributed by atoms with Crippen LogP contribution in [0.2, 0.25) is 0 Å². The molecule has 5 nitrogen and oxygen atoms in total. The molecule has 2 aromatic rings. The molecule has 0 heterocycles. The first-order valence-corrected chi connectivity index (χ1v) is 7.27. The SMILES string of the molecule is O=C(NCCCO)c1ccc(NC(=O)c2cccc(F)c2F)cc1. The van der Waals surface area contributed by atoms with Crippen molar-refractivity contribution in [3.8, 4) is 0 Å². The van der Waals surface area contributed by atoms with Gasteiger partial charge in [-0.05, 0) is 42.8 Å². The van der Waals surface area contributed by atoms with Crippen LogP contribution in [0.1, 0.15) is 27.1 Å². The standard InChI is InChI=1S/C17H16F2N2O3/c18-14-4-1-3-13(15(14)19)17(24)21-12-7-5-11(6-8-12)16(23)20-9-2-10-22/h1,3-8,22H,2,9-10H2,(H,20,23)(H,21,24). The molecular weight excluding hydrogens is 318 g/mol. The van der Waals surface area contributed by atoms with Gasteiger partial charge in [0, 0.05) is 24.4 Å². The van der Waals surface area contributed by atoms with Crippen molar-refractivity contribution in [1.82, 2.24) is 5.32 Å². The molecule has 0 aliphatic carbocycles. The van der Waals surface area contributed by atoms with Gasteiger partial charge in [0.15, 0.2) is 11.6 Å². The number of carbonyl (C=O) groups excluding carboxylic acids is 2. The Bertz CT molecular complexity index is 733. The molecule has 0 saturated heterocycles. The van der Waals surface area contributed by atoms with Crippen LogP contribution in [0.15, 0.2) is 42.5 Å². The Morgan fingerprint density at radius 2 is 1.71 bits per heavy atom. The lowest BCUT2D eigenvalue weighted by atomic mass is 10.1. The maximum absolute atomic E-state index is 13.6. The maximum Gasteiger partial charge on any atom is 0.258 e. The van der Waals surface area contributed by atoms with E-state index in [1.165, 1.54) is 36.4 Å². The van der Waals surface area contributed by atoms with Crippen molar-refractivity contribution in [2.75, 3.05) is 18.5 Å². The number of hydrogen-bond acceptors (Lipinski definition) is 3. The quantitative estimate of drug-likeness (QED) is 0.710. The molecule has 3 N–H and O–H groups in total. The average molecular weight is 334 g/mol. The highest BCUT2D eigenvalue weighted by Crippen LogP contribution is 2.15. The summed E-state index contributed by atoms with van der Waals surface area (Å²) in [5.74, 6) is -3.41. The smallest absolute Gasteiger partial charge is 0.258 e. The zero-order valence-electron chi connectivity index (χ0n) is 12.7. The van der Waals surface area contributed by atoms with E-state index in [4.69, 9.17) is 5.11 Å². The number of aliphatic hydroxyl groups excluding tert-OH is 1. The number of rotatable bonds is 6. The molecule has 0 spiro atoms. The highest BCUT2D eigenvalue weighted by atomic mass is 19.2. The van der Waals surface area contributed by atoms with E-state index in [1.807, 2.05) is 0 Å². The number of benzene rings is 2. The maximum atomic E-state index is 13.6. The minimum atomic E-state index is -1.21. The van der Waals surface area contributed by atoms with Crippen LogP contribution in [0, 0.1) is 11.6 Å². The Morgan fingerprint density at radius 1 is 1.00 bits per heavy atom. The zero-order chi connectivity index (χ0) is 17.5. The van der Waals surface area contributed by atoms with E-state index in [9.17, 15) is 18.4 Å². The molecule has 7 heteroatoms. The number of nitrogens with one attached hydrogen (secondary N) is 2. The summed E-state index contributed by atoms with van der Waals surface area (Å²) < 4.78 is 26.7. The Hall–Kier alpha value is -2.80. The van der Waals surface area contributed by atoms with E-state index < -0.39 is 23.1 Å². The van der Waals surface area contributed by atoms with Crippen molar-refractivity contribution in [1.29, 1.82) is 0 Å². The van der Waals surface area contributed by atoms with Crippen LogP contribution in [0.25, 0.3) is 0 Å². The first-order valence-electron chi connectivity index (χ1n) is 7.27. The van der Waals surface area contributed by atoms with E-state index in [2.05, 4.69) is 10.6 Å². The summed E-state index contributed by atoms with van der Waals surface area (Å²) in [5, 5.41) is 13.7. The van der Waals surface area contributed by atoms with E-state index in [1.54, 1.807) is 0 Å². The molecular formula is C17H16F2N2O3. The van der Waals surface area contributed by atoms with Gasteiger partial charge in [-0.3, -0.25) is 9.59 Å². The molecule has 2 amide bonds. The van der Waals surface area contributed by atoms with E-state index in [-0.39, 0.29) is 12.5 Å². The number of hydrogen-bond donors (Lipinski definition) is 3. The van der Waals surface area contributed by atoms with Crippen molar-refractivity contribution in [3.05, 3.63) is 65.2 Å². The lowest BCUT2D eigenvalue weighted by Crippen LogP contribution is -2.25. The van der Waals surface area contributed by atoms with Crippen molar-refractivity contribution < 1.29 is 23.5 Å². The molecule has 0 radical (unpaired) electrons. The van der Waals surface area contributed by atoms with Crippen molar-refractivity contribution in [2.24, 2.45) is 0 Å². The van der Waals surface area contributed by atoms with Crippen LogP contribution < -0.4 is 10.6 Å². The normalized spacial score (nSPS) is 10.3. The summed E-state index contributed by atoms with van der Waals surface area (Å²) in [7, 11) is 0. The van der Waals surface area contributed by atoms with Gasteiger partial charge in [0.05, 0.1) is 5.56 Å². The molecule has 24 heavy (non-hydrogen) atoms. The largest absolute Gasteiger partial charge is 0.396 e. The fourth-order valence-electron chi connectivity index (χ4n) is 1.97. The first-order chi connectivity index (χ1) is 11.5. The van der Waals surface area contributed by atoms with Crippen LogP contribution in [0.5, 0.6) is 0 Å². The number of anilines is 1. The Kier molecular flexibility index (Phi) is 5.97. The number of carbonyl (C=O) groups is 2. The summed E-state index contributed by atoms with van der Waals surface area (Å²) in [6.07, 6.45) is 0.457. The van der Waals surface area contributed by atoms with Crippen LogP contribution in [-0.4, -0.2) is 30.1 Å². The molecule has 126 valence electrons. The van der Waals surface area contributed by atoms with Crippen LogP contribution in [-0.2, 0) is 0 Å². The second-order valence-electron chi connectivity index (χ2n) is 4.97. The van der Waals surface area contributed by atoms with Crippen molar-refractivity contribution in [3.63, 3.8) is 0 Å². The summed E-state index contributed by atoms with van der Waals surface area (Å²) in [6.45, 7) is 0.342. The van der Waals surface area contributed by atoms with Gasteiger partial charge >= 0.3 is 0 Å². The number of amides is 2. The lowest BCUT2D eigenvalue weighted by molar-refractivity contribution is 0.0950. The molecule has 0 unspecified atom stereocenters. The van der Waals surface area contributed by atoms with E-state index in [0.717, 1.165) is 6.07 Å². The predicted molar refractivity (Wildman–Crippen MR) is 84.8 cm³/mol. The average Bonchev–Trinajstić information content (AvgIpc) is 2.58. The molecule has 0 fully saturated rings. The zero-order valence-corrected chi connectivity index (χ0v) is 12.7. The predicted octanol–water partition coefficient (Wildman–Crippen LogP) is 2.33. The summed E-state index contributed by atoms with van der Waals surface area (Å²) in [6, 6.07) is 9.30. The third kappa shape index (κ3) is 4.36. The molecule has 2 aromatic carbocycles. The molecule has 0 aliphatic heterocycles.